The minimum absolute atomic E-state index is 0.0761. The first-order chi connectivity index (χ1) is 10.2. The quantitative estimate of drug-likeness (QED) is 0.413. The Kier molecular flexibility index (Phi) is 5.73. The third-order valence-corrected chi connectivity index (χ3v) is 3.76. The highest BCUT2D eigenvalue weighted by molar-refractivity contribution is 6.24. The van der Waals surface area contributed by atoms with Crippen LogP contribution in [-0.2, 0) is 14.3 Å². The van der Waals surface area contributed by atoms with E-state index in [1.165, 1.54) is 12.8 Å². The smallest absolute Gasteiger partial charge is 0.342 e. The lowest BCUT2D eigenvalue weighted by atomic mass is 9.96. The van der Waals surface area contributed by atoms with Gasteiger partial charge in [-0.1, -0.05) is 62.9 Å². The summed E-state index contributed by atoms with van der Waals surface area (Å²) in [5, 5.41) is 0. The summed E-state index contributed by atoms with van der Waals surface area (Å²) in [5.74, 6) is -0.541. The maximum absolute atomic E-state index is 12.3. The zero-order valence-electron chi connectivity index (χ0n) is 12.6. The van der Waals surface area contributed by atoms with Crippen LogP contribution in [0.1, 0.15) is 51.0 Å². The second kappa shape index (κ2) is 7.77. The highest BCUT2D eigenvalue weighted by Gasteiger charge is 2.30. The molecule has 0 saturated carbocycles. The van der Waals surface area contributed by atoms with E-state index in [0.717, 1.165) is 30.4 Å². The molecule has 2 rings (SSSR count). The lowest BCUT2D eigenvalue weighted by Crippen LogP contribution is -2.10. The van der Waals surface area contributed by atoms with Crippen molar-refractivity contribution < 1.29 is 14.3 Å². The summed E-state index contributed by atoms with van der Waals surface area (Å²) in [7, 11) is 0. The first-order valence-corrected chi connectivity index (χ1v) is 7.73. The molecular weight excluding hydrogens is 264 g/mol. The molecule has 1 aliphatic heterocycles. The summed E-state index contributed by atoms with van der Waals surface area (Å²) in [6, 6.07) is 9.53. The highest BCUT2D eigenvalue weighted by atomic mass is 16.5. The van der Waals surface area contributed by atoms with Gasteiger partial charge < -0.3 is 4.74 Å². The Morgan fingerprint density at radius 1 is 1.10 bits per heavy atom. The summed E-state index contributed by atoms with van der Waals surface area (Å²) in [5.41, 5.74) is 1.90. The van der Waals surface area contributed by atoms with Crippen LogP contribution in [0.3, 0.4) is 0 Å². The van der Waals surface area contributed by atoms with Gasteiger partial charge in [0, 0.05) is 12.0 Å². The fourth-order valence-electron chi connectivity index (χ4n) is 2.57. The van der Waals surface area contributed by atoms with E-state index in [-0.39, 0.29) is 18.0 Å². The number of carbonyl (C=O) groups is 2. The van der Waals surface area contributed by atoms with E-state index in [0.29, 0.717) is 6.42 Å². The van der Waals surface area contributed by atoms with Crippen LogP contribution in [0, 0.1) is 0 Å². The molecule has 0 N–H and O–H groups in total. The van der Waals surface area contributed by atoms with Crippen LogP contribution in [0.4, 0.5) is 0 Å². The number of cyclic esters (lactones) is 1. The Labute approximate surface area is 126 Å². The molecule has 21 heavy (non-hydrogen) atoms. The number of benzene rings is 1. The summed E-state index contributed by atoms with van der Waals surface area (Å²) < 4.78 is 5.06. The third-order valence-electron chi connectivity index (χ3n) is 3.76. The van der Waals surface area contributed by atoms with Gasteiger partial charge in [0.2, 0.25) is 0 Å². The van der Waals surface area contributed by atoms with Gasteiger partial charge in [-0.2, -0.15) is 0 Å². The summed E-state index contributed by atoms with van der Waals surface area (Å²) in [6.45, 7) is 2.37. The van der Waals surface area contributed by atoms with Gasteiger partial charge in [-0.3, -0.25) is 4.79 Å². The molecule has 1 aromatic rings. The first-order valence-electron chi connectivity index (χ1n) is 7.73. The Balaban J connectivity index is 2.04. The van der Waals surface area contributed by atoms with Crippen LogP contribution in [0.25, 0.3) is 5.57 Å². The normalized spacial score (nSPS) is 14.4. The number of ether oxygens (including phenoxy) is 1. The number of hydrogen-bond donors (Lipinski definition) is 0. The molecule has 1 aliphatic rings. The topological polar surface area (TPSA) is 43.4 Å². The lowest BCUT2D eigenvalue weighted by Gasteiger charge is -2.04. The molecule has 0 aliphatic carbocycles. The van der Waals surface area contributed by atoms with Crippen molar-refractivity contribution in [2.75, 3.05) is 6.61 Å². The van der Waals surface area contributed by atoms with E-state index in [4.69, 9.17) is 4.74 Å². The highest BCUT2D eigenvalue weighted by Crippen LogP contribution is 2.27. The first kappa shape index (κ1) is 15.5. The molecule has 1 heterocycles. The lowest BCUT2D eigenvalue weighted by molar-refractivity contribution is -0.137. The number of esters is 1. The average Bonchev–Trinajstić information content (AvgIpc) is 2.89. The van der Waals surface area contributed by atoms with Crippen LogP contribution in [0.5, 0.6) is 0 Å². The summed E-state index contributed by atoms with van der Waals surface area (Å²) in [6.07, 6.45) is 5.86. The van der Waals surface area contributed by atoms with Crippen molar-refractivity contribution in [3.8, 4) is 0 Å². The number of unbranched alkanes of at least 4 members (excludes halogenated alkanes) is 4. The second-order valence-electron chi connectivity index (χ2n) is 5.38. The number of ketones is 1. The molecule has 0 unspecified atom stereocenters. The monoisotopic (exact) mass is 286 g/mol. The minimum Gasteiger partial charge on any atom is -0.457 e. The van der Waals surface area contributed by atoms with E-state index in [2.05, 4.69) is 6.92 Å². The fraction of sp³-hybridized carbons (Fsp3) is 0.444. The molecule has 0 fully saturated rings. The maximum atomic E-state index is 12.3. The molecule has 0 radical (unpaired) electrons. The zero-order chi connectivity index (χ0) is 15.1. The van der Waals surface area contributed by atoms with Crippen LogP contribution in [0.15, 0.2) is 35.9 Å². The van der Waals surface area contributed by atoms with Crippen molar-refractivity contribution in [1.82, 2.24) is 0 Å². The van der Waals surface area contributed by atoms with Gasteiger partial charge in [0.25, 0.3) is 0 Å². The number of carbonyl (C=O) groups excluding carboxylic acids is 2. The van der Waals surface area contributed by atoms with E-state index < -0.39 is 5.97 Å². The predicted molar refractivity (Wildman–Crippen MR) is 82.7 cm³/mol. The van der Waals surface area contributed by atoms with Gasteiger partial charge in [-0.05, 0) is 12.0 Å². The van der Waals surface area contributed by atoms with E-state index in [1.807, 2.05) is 30.3 Å². The van der Waals surface area contributed by atoms with Gasteiger partial charge in [-0.25, -0.2) is 4.79 Å². The molecule has 1 aromatic carbocycles. The van der Waals surface area contributed by atoms with Crippen molar-refractivity contribution in [3.63, 3.8) is 0 Å². The van der Waals surface area contributed by atoms with Gasteiger partial charge in [-0.15, -0.1) is 0 Å². The molecule has 0 aromatic heterocycles. The van der Waals surface area contributed by atoms with Crippen LogP contribution in [-0.4, -0.2) is 18.4 Å². The van der Waals surface area contributed by atoms with Crippen molar-refractivity contribution >= 4 is 17.3 Å². The molecule has 0 amide bonds. The maximum Gasteiger partial charge on any atom is 0.342 e. The SMILES string of the molecule is CCCCCCCC(=O)C1=C(c2ccccc2)COC1=O. The molecule has 0 atom stereocenters. The Bertz CT molecular complexity index is 529. The van der Waals surface area contributed by atoms with Crippen molar-refractivity contribution in [2.24, 2.45) is 0 Å². The van der Waals surface area contributed by atoms with Gasteiger partial charge in [0.05, 0.1) is 0 Å². The van der Waals surface area contributed by atoms with Gasteiger partial charge in [0.15, 0.2) is 5.78 Å². The molecule has 3 nitrogen and oxygen atoms in total. The Hall–Kier alpha value is -1.90. The number of rotatable bonds is 8. The summed E-state index contributed by atoms with van der Waals surface area (Å²) in [4.78, 5) is 24.1. The average molecular weight is 286 g/mol. The molecule has 112 valence electrons. The van der Waals surface area contributed by atoms with Crippen molar-refractivity contribution in [1.29, 1.82) is 0 Å². The molecular formula is C18H22O3. The molecule has 3 heteroatoms. The minimum atomic E-state index is -0.465. The molecule has 0 saturated heterocycles. The van der Waals surface area contributed by atoms with Crippen molar-refractivity contribution in [3.05, 3.63) is 41.5 Å². The van der Waals surface area contributed by atoms with E-state index in [9.17, 15) is 9.59 Å². The number of hydrogen-bond acceptors (Lipinski definition) is 3. The van der Waals surface area contributed by atoms with Gasteiger partial charge in [0.1, 0.15) is 12.2 Å². The molecule has 0 bridgehead atoms. The largest absolute Gasteiger partial charge is 0.457 e. The van der Waals surface area contributed by atoms with E-state index >= 15 is 0 Å². The zero-order valence-corrected chi connectivity index (χ0v) is 12.6. The van der Waals surface area contributed by atoms with Gasteiger partial charge >= 0.3 is 5.97 Å². The Morgan fingerprint density at radius 3 is 2.52 bits per heavy atom. The Morgan fingerprint density at radius 2 is 1.81 bits per heavy atom. The molecule has 0 spiro atoms. The van der Waals surface area contributed by atoms with Crippen LogP contribution in [0.2, 0.25) is 0 Å². The van der Waals surface area contributed by atoms with Crippen molar-refractivity contribution in [2.45, 2.75) is 45.4 Å². The third kappa shape index (κ3) is 4.03. The van der Waals surface area contributed by atoms with Crippen LogP contribution < -0.4 is 0 Å². The standard InChI is InChI=1S/C18H22O3/c1-2-3-4-5-9-12-16(19)17-15(13-21-18(17)20)14-10-7-6-8-11-14/h6-8,10-11H,2-5,9,12-13H2,1H3. The number of Topliss-reactive ketones (excluding diaryl/α,β-unsaturated/α-hetero) is 1. The second-order valence-corrected chi connectivity index (χ2v) is 5.38. The van der Waals surface area contributed by atoms with Crippen LogP contribution >= 0.6 is 0 Å². The predicted octanol–water partition coefficient (Wildman–Crippen LogP) is 3.93. The fourth-order valence-corrected chi connectivity index (χ4v) is 2.57. The van der Waals surface area contributed by atoms with E-state index in [1.54, 1.807) is 0 Å². The summed E-state index contributed by atoms with van der Waals surface area (Å²) >= 11 is 0.